The number of aromatic nitrogens is 1. The van der Waals surface area contributed by atoms with Crippen LogP contribution in [0.5, 0.6) is 5.75 Å². The molecule has 1 atom stereocenters. The number of hydrogen-bond donors (Lipinski definition) is 1. The topological polar surface area (TPSA) is 48.1 Å². The quantitative estimate of drug-likeness (QED) is 0.914. The molecule has 0 amide bonds. The molecule has 0 spiro atoms. The third-order valence-electron chi connectivity index (χ3n) is 2.70. The molecule has 102 valence electrons. The second-order valence-electron chi connectivity index (χ2n) is 4.37. The number of thiazole rings is 1. The second-order valence-corrected chi connectivity index (χ2v) is 5.49. The first-order valence-corrected chi connectivity index (χ1v) is 6.98. The van der Waals surface area contributed by atoms with E-state index in [1.807, 2.05) is 13.8 Å². The maximum atomic E-state index is 13.3. The van der Waals surface area contributed by atoms with Gasteiger partial charge < -0.3 is 10.5 Å². The zero-order valence-electron chi connectivity index (χ0n) is 11.0. The van der Waals surface area contributed by atoms with Crippen LogP contribution >= 0.6 is 11.3 Å². The predicted molar refractivity (Wildman–Crippen MR) is 75.1 cm³/mol. The molecule has 0 aliphatic rings. The molecule has 1 unspecified atom stereocenters. The Labute approximate surface area is 116 Å². The monoisotopic (exact) mass is 280 g/mol. The van der Waals surface area contributed by atoms with Crippen LogP contribution in [0.15, 0.2) is 24.3 Å². The van der Waals surface area contributed by atoms with Gasteiger partial charge in [-0.05, 0) is 26.0 Å². The Morgan fingerprint density at radius 1 is 1.42 bits per heavy atom. The fraction of sp³-hybridized carbons (Fsp3) is 0.357. The lowest BCUT2D eigenvalue weighted by molar-refractivity contribution is 0.305. The maximum absolute atomic E-state index is 13.3. The Kier molecular flexibility index (Phi) is 4.50. The van der Waals surface area contributed by atoms with Crippen LogP contribution in [0.1, 0.15) is 28.5 Å². The molecular formula is C14H17FN2OS. The van der Waals surface area contributed by atoms with Crippen molar-refractivity contribution in [2.24, 2.45) is 5.73 Å². The van der Waals surface area contributed by atoms with Crippen molar-refractivity contribution in [1.82, 2.24) is 4.98 Å². The molecule has 0 radical (unpaired) electrons. The highest BCUT2D eigenvalue weighted by molar-refractivity contribution is 7.11. The van der Waals surface area contributed by atoms with E-state index >= 15 is 0 Å². The SMILES string of the molecule is Cc1nc(CCOc2ccccc2F)sc1C(C)N. The zero-order chi connectivity index (χ0) is 13.8. The number of aryl methyl sites for hydroxylation is 1. The van der Waals surface area contributed by atoms with Crippen molar-refractivity contribution < 1.29 is 9.13 Å². The van der Waals surface area contributed by atoms with Crippen LogP contribution in [-0.4, -0.2) is 11.6 Å². The van der Waals surface area contributed by atoms with Gasteiger partial charge in [-0.15, -0.1) is 11.3 Å². The van der Waals surface area contributed by atoms with Crippen LogP contribution in [0.4, 0.5) is 4.39 Å². The molecule has 0 aliphatic heterocycles. The molecule has 0 fully saturated rings. The Hall–Kier alpha value is -1.46. The first kappa shape index (κ1) is 14.0. The Morgan fingerprint density at radius 3 is 2.79 bits per heavy atom. The summed E-state index contributed by atoms with van der Waals surface area (Å²) in [6.45, 7) is 4.31. The molecule has 5 heteroatoms. The summed E-state index contributed by atoms with van der Waals surface area (Å²) in [5.74, 6) is -0.0581. The molecule has 1 aromatic heterocycles. The van der Waals surface area contributed by atoms with Crippen LogP contribution in [0.2, 0.25) is 0 Å². The van der Waals surface area contributed by atoms with E-state index in [4.69, 9.17) is 10.5 Å². The van der Waals surface area contributed by atoms with Crippen LogP contribution < -0.4 is 10.5 Å². The van der Waals surface area contributed by atoms with Gasteiger partial charge in [-0.2, -0.15) is 0 Å². The Balaban J connectivity index is 1.93. The van der Waals surface area contributed by atoms with E-state index in [2.05, 4.69) is 4.98 Å². The normalized spacial score (nSPS) is 12.4. The Bertz CT molecular complexity index is 554. The molecule has 1 aromatic carbocycles. The molecule has 0 saturated heterocycles. The number of rotatable bonds is 5. The molecule has 19 heavy (non-hydrogen) atoms. The molecule has 2 N–H and O–H groups in total. The van der Waals surface area contributed by atoms with Gasteiger partial charge in [0.25, 0.3) is 0 Å². The van der Waals surface area contributed by atoms with Crippen LogP contribution in [0.3, 0.4) is 0 Å². The third-order valence-corrected chi connectivity index (χ3v) is 4.12. The summed E-state index contributed by atoms with van der Waals surface area (Å²) in [5, 5.41) is 0.973. The van der Waals surface area contributed by atoms with E-state index in [0.29, 0.717) is 13.0 Å². The van der Waals surface area contributed by atoms with Gasteiger partial charge in [-0.1, -0.05) is 12.1 Å². The maximum Gasteiger partial charge on any atom is 0.165 e. The summed E-state index contributed by atoms with van der Waals surface area (Å²) in [5.41, 5.74) is 6.83. The number of nitrogens with two attached hydrogens (primary N) is 1. The summed E-state index contributed by atoms with van der Waals surface area (Å²) in [6, 6.07) is 6.40. The van der Waals surface area contributed by atoms with Gasteiger partial charge in [0.1, 0.15) is 0 Å². The number of ether oxygens (including phenoxy) is 1. The predicted octanol–water partition coefficient (Wildman–Crippen LogP) is 3.23. The number of para-hydroxylation sites is 1. The van der Waals surface area contributed by atoms with Crippen molar-refractivity contribution in [3.63, 3.8) is 0 Å². The smallest absolute Gasteiger partial charge is 0.165 e. The van der Waals surface area contributed by atoms with Crippen molar-refractivity contribution in [3.8, 4) is 5.75 Å². The van der Waals surface area contributed by atoms with E-state index in [1.165, 1.54) is 6.07 Å². The summed E-state index contributed by atoms with van der Waals surface area (Å²) < 4.78 is 18.7. The fourth-order valence-electron chi connectivity index (χ4n) is 1.81. The summed E-state index contributed by atoms with van der Waals surface area (Å²) >= 11 is 1.60. The molecule has 1 heterocycles. The lowest BCUT2D eigenvalue weighted by Gasteiger charge is -2.05. The molecule has 0 bridgehead atoms. The average molecular weight is 280 g/mol. The lowest BCUT2D eigenvalue weighted by atomic mass is 10.2. The lowest BCUT2D eigenvalue weighted by Crippen LogP contribution is -2.03. The van der Waals surface area contributed by atoms with Crippen molar-refractivity contribution in [1.29, 1.82) is 0 Å². The number of halogens is 1. The molecular weight excluding hydrogens is 263 g/mol. The van der Waals surface area contributed by atoms with Gasteiger partial charge in [-0.25, -0.2) is 9.37 Å². The van der Waals surface area contributed by atoms with Crippen molar-refractivity contribution >= 4 is 11.3 Å². The van der Waals surface area contributed by atoms with E-state index < -0.39 is 0 Å². The van der Waals surface area contributed by atoms with Crippen molar-refractivity contribution in [2.45, 2.75) is 26.3 Å². The van der Waals surface area contributed by atoms with Crippen LogP contribution in [0, 0.1) is 12.7 Å². The minimum absolute atomic E-state index is 0.00117. The highest BCUT2D eigenvalue weighted by Crippen LogP contribution is 2.24. The van der Waals surface area contributed by atoms with Gasteiger partial charge in [0, 0.05) is 17.3 Å². The van der Waals surface area contributed by atoms with Crippen molar-refractivity contribution in [2.75, 3.05) is 6.61 Å². The van der Waals surface area contributed by atoms with E-state index in [0.717, 1.165) is 15.6 Å². The highest BCUT2D eigenvalue weighted by atomic mass is 32.1. The summed E-state index contributed by atoms with van der Waals surface area (Å²) in [6.07, 6.45) is 0.659. The fourth-order valence-corrected chi connectivity index (χ4v) is 2.81. The summed E-state index contributed by atoms with van der Waals surface area (Å²) in [4.78, 5) is 5.55. The first-order chi connectivity index (χ1) is 9.08. The molecule has 3 nitrogen and oxygen atoms in total. The van der Waals surface area contributed by atoms with Gasteiger partial charge in [-0.3, -0.25) is 0 Å². The largest absolute Gasteiger partial charge is 0.490 e. The molecule has 2 aromatic rings. The van der Waals surface area contributed by atoms with Gasteiger partial charge >= 0.3 is 0 Å². The van der Waals surface area contributed by atoms with Crippen LogP contribution in [0.25, 0.3) is 0 Å². The first-order valence-electron chi connectivity index (χ1n) is 6.17. The van der Waals surface area contributed by atoms with E-state index in [9.17, 15) is 4.39 Å². The standard InChI is InChI=1S/C14H17FN2OS/c1-9(16)14-10(2)17-13(19-14)7-8-18-12-6-4-3-5-11(12)15/h3-6,9H,7-8,16H2,1-2H3. The average Bonchev–Trinajstić information content (AvgIpc) is 2.73. The molecule has 0 saturated carbocycles. The second kappa shape index (κ2) is 6.12. The highest BCUT2D eigenvalue weighted by Gasteiger charge is 2.11. The zero-order valence-corrected chi connectivity index (χ0v) is 11.8. The third kappa shape index (κ3) is 3.52. The Morgan fingerprint density at radius 2 is 2.16 bits per heavy atom. The van der Waals surface area contributed by atoms with Gasteiger partial charge in [0.2, 0.25) is 0 Å². The van der Waals surface area contributed by atoms with Gasteiger partial charge in [0.15, 0.2) is 11.6 Å². The minimum atomic E-state index is -0.339. The van der Waals surface area contributed by atoms with E-state index in [1.54, 1.807) is 29.5 Å². The number of nitrogens with zero attached hydrogens (tertiary/aromatic N) is 1. The van der Waals surface area contributed by atoms with Crippen molar-refractivity contribution in [3.05, 3.63) is 45.7 Å². The summed E-state index contributed by atoms with van der Waals surface area (Å²) in [7, 11) is 0. The molecule has 0 aliphatic carbocycles. The van der Waals surface area contributed by atoms with Crippen LogP contribution in [-0.2, 0) is 6.42 Å². The van der Waals surface area contributed by atoms with E-state index in [-0.39, 0.29) is 17.6 Å². The number of benzene rings is 1. The van der Waals surface area contributed by atoms with Gasteiger partial charge in [0.05, 0.1) is 17.3 Å². The molecule has 2 rings (SSSR count). The number of hydrogen-bond acceptors (Lipinski definition) is 4. The minimum Gasteiger partial charge on any atom is -0.490 e.